The van der Waals surface area contributed by atoms with E-state index >= 15 is 0 Å². The fraction of sp³-hybridized carbons (Fsp3) is 0.105. The zero-order valence-corrected chi connectivity index (χ0v) is 14.1. The van der Waals surface area contributed by atoms with Crippen LogP contribution < -0.4 is 9.47 Å². The van der Waals surface area contributed by atoms with Crippen molar-refractivity contribution >= 4 is 34.0 Å². The van der Waals surface area contributed by atoms with Crippen molar-refractivity contribution in [2.45, 2.75) is 0 Å². The monoisotopic (exact) mass is 357 g/mol. The number of nitriles is 1. The molecule has 120 valence electrons. The van der Waals surface area contributed by atoms with E-state index in [1.54, 1.807) is 12.1 Å². The van der Waals surface area contributed by atoms with Crippen molar-refractivity contribution in [2.75, 3.05) is 13.2 Å². The first kappa shape index (κ1) is 16.4. The molecule has 3 rings (SSSR count). The molecule has 24 heavy (non-hydrogen) atoms. The van der Waals surface area contributed by atoms with Gasteiger partial charge in [-0.2, -0.15) is 5.26 Å². The number of benzene rings is 3. The highest BCUT2D eigenvalue weighted by Crippen LogP contribution is 2.34. The SMILES string of the molecule is N#Cc1ccc(OCCOc2ccc3ccccc3c2)c(Cl)c1Cl. The van der Waals surface area contributed by atoms with Gasteiger partial charge in [-0.15, -0.1) is 0 Å². The maximum atomic E-state index is 8.90. The largest absolute Gasteiger partial charge is 0.490 e. The lowest BCUT2D eigenvalue weighted by Crippen LogP contribution is -2.09. The molecule has 3 aromatic carbocycles. The van der Waals surface area contributed by atoms with Crippen LogP contribution in [0.15, 0.2) is 54.6 Å². The van der Waals surface area contributed by atoms with E-state index < -0.39 is 0 Å². The summed E-state index contributed by atoms with van der Waals surface area (Å²) in [7, 11) is 0. The standard InChI is InChI=1S/C19H13Cl2NO2/c20-18-15(12-22)6-8-17(19(18)21)24-10-9-23-16-7-5-13-3-1-2-4-14(13)11-16/h1-8,11H,9-10H2. The Kier molecular flexibility index (Phi) is 5.10. The van der Waals surface area contributed by atoms with Crippen molar-refractivity contribution in [1.82, 2.24) is 0 Å². The summed E-state index contributed by atoms with van der Waals surface area (Å²) in [6.45, 7) is 0.682. The van der Waals surface area contributed by atoms with E-state index in [9.17, 15) is 0 Å². The normalized spacial score (nSPS) is 10.4. The van der Waals surface area contributed by atoms with Gasteiger partial charge >= 0.3 is 0 Å². The molecule has 0 bridgehead atoms. The second-order valence-corrected chi connectivity index (χ2v) is 5.81. The molecule has 0 spiro atoms. The van der Waals surface area contributed by atoms with E-state index in [1.165, 1.54) is 5.39 Å². The maximum Gasteiger partial charge on any atom is 0.139 e. The van der Waals surface area contributed by atoms with Crippen LogP contribution in [0.2, 0.25) is 10.0 Å². The zero-order chi connectivity index (χ0) is 16.9. The van der Waals surface area contributed by atoms with Crippen molar-refractivity contribution in [3.8, 4) is 17.6 Å². The Morgan fingerprint density at radius 1 is 0.833 bits per heavy atom. The molecule has 0 aliphatic rings. The van der Waals surface area contributed by atoms with Crippen molar-refractivity contribution in [3.05, 3.63) is 70.2 Å². The average molecular weight is 358 g/mol. The third-order valence-corrected chi connectivity index (χ3v) is 4.36. The second kappa shape index (κ2) is 7.44. The van der Waals surface area contributed by atoms with Crippen LogP contribution in [-0.2, 0) is 0 Å². The molecule has 3 aromatic rings. The molecule has 0 radical (unpaired) electrons. The van der Waals surface area contributed by atoms with Crippen LogP contribution in [0.1, 0.15) is 5.56 Å². The van der Waals surface area contributed by atoms with E-state index in [4.69, 9.17) is 37.9 Å². The highest BCUT2D eigenvalue weighted by atomic mass is 35.5. The molecule has 0 saturated heterocycles. The first-order chi connectivity index (χ1) is 11.7. The predicted molar refractivity (Wildman–Crippen MR) is 96.1 cm³/mol. The highest BCUT2D eigenvalue weighted by molar-refractivity contribution is 6.43. The van der Waals surface area contributed by atoms with Crippen LogP contribution in [0.25, 0.3) is 10.8 Å². The van der Waals surface area contributed by atoms with Crippen molar-refractivity contribution < 1.29 is 9.47 Å². The Hall–Kier alpha value is -2.41. The van der Waals surface area contributed by atoms with E-state index in [1.807, 2.05) is 42.5 Å². The number of hydrogen-bond acceptors (Lipinski definition) is 3. The summed E-state index contributed by atoms with van der Waals surface area (Å²) in [6, 6.07) is 19.2. The molecule has 0 aromatic heterocycles. The molecule has 0 saturated carbocycles. The number of hydrogen-bond donors (Lipinski definition) is 0. The van der Waals surface area contributed by atoms with Gasteiger partial charge in [0.1, 0.15) is 35.8 Å². The molecule has 0 fully saturated rings. The Bertz CT molecular complexity index is 919. The van der Waals surface area contributed by atoms with Crippen LogP contribution in [0.3, 0.4) is 0 Å². The Balaban J connectivity index is 1.59. The summed E-state index contributed by atoms with van der Waals surface area (Å²) in [5, 5.41) is 11.6. The molecule has 5 heteroatoms. The fourth-order valence-electron chi connectivity index (χ4n) is 2.30. The topological polar surface area (TPSA) is 42.2 Å². The Morgan fingerprint density at radius 2 is 1.58 bits per heavy atom. The minimum absolute atomic E-state index is 0.201. The molecule has 0 N–H and O–H groups in total. The molecular formula is C19H13Cl2NO2. The molecule has 0 unspecified atom stereocenters. The smallest absolute Gasteiger partial charge is 0.139 e. The van der Waals surface area contributed by atoms with E-state index in [0.717, 1.165) is 11.1 Å². The van der Waals surface area contributed by atoms with Crippen LogP contribution in [-0.4, -0.2) is 13.2 Å². The third kappa shape index (κ3) is 3.56. The number of nitrogens with zero attached hydrogens (tertiary/aromatic N) is 1. The third-order valence-electron chi connectivity index (χ3n) is 3.50. The fourth-order valence-corrected chi connectivity index (χ4v) is 2.72. The predicted octanol–water partition coefficient (Wildman–Crippen LogP) is 5.48. The molecular weight excluding hydrogens is 345 g/mol. The van der Waals surface area contributed by atoms with Crippen molar-refractivity contribution in [3.63, 3.8) is 0 Å². The van der Waals surface area contributed by atoms with Gasteiger partial charge in [-0.25, -0.2) is 0 Å². The lowest BCUT2D eigenvalue weighted by Gasteiger charge is -2.11. The maximum absolute atomic E-state index is 8.90. The van der Waals surface area contributed by atoms with E-state index in [-0.39, 0.29) is 10.0 Å². The van der Waals surface area contributed by atoms with Crippen molar-refractivity contribution in [1.29, 1.82) is 5.26 Å². The summed E-state index contributed by atoms with van der Waals surface area (Å²) in [5.41, 5.74) is 0.321. The van der Waals surface area contributed by atoms with Gasteiger partial charge in [0.25, 0.3) is 0 Å². The second-order valence-electron chi connectivity index (χ2n) is 5.06. The van der Waals surface area contributed by atoms with Gasteiger partial charge in [0.2, 0.25) is 0 Å². The minimum atomic E-state index is 0.201. The molecule has 0 amide bonds. The van der Waals surface area contributed by atoms with Crippen LogP contribution >= 0.6 is 23.2 Å². The molecule has 0 aliphatic carbocycles. The van der Waals surface area contributed by atoms with Gasteiger partial charge in [0, 0.05) is 0 Å². The van der Waals surface area contributed by atoms with Crippen LogP contribution in [0.4, 0.5) is 0 Å². The van der Waals surface area contributed by atoms with Gasteiger partial charge < -0.3 is 9.47 Å². The summed E-state index contributed by atoms with van der Waals surface area (Å²) in [6.07, 6.45) is 0. The van der Waals surface area contributed by atoms with Gasteiger partial charge in [-0.3, -0.25) is 0 Å². The summed E-state index contributed by atoms with van der Waals surface area (Å²) in [4.78, 5) is 0. The number of fused-ring (bicyclic) bond motifs is 1. The Labute approximate surface area is 149 Å². The number of halogens is 2. The summed E-state index contributed by atoms with van der Waals surface area (Å²) >= 11 is 12.1. The van der Waals surface area contributed by atoms with Crippen LogP contribution in [0, 0.1) is 11.3 Å². The average Bonchev–Trinajstić information content (AvgIpc) is 2.62. The summed E-state index contributed by atoms with van der Waals surface area (Å²) < 4.78 is 11.3. The van der Waals surface area contributed by atoms with Gasteiger partial charge in [-0.1, -0.05) is 53.5 Å². The quantitative estimate of drug-likeness (QED) is 0.568. The summed E-state index contributed by atoms with van der Waals surface area (Å²) in [5.74, 6) is 1.21. The van der Waals surface area contributed by atoms with Gasteiger partial charge in [0.05, 0.1) is 10.6 Å². The first-order valence-corrected chi connectivity index (χ1v) is 8.07. The first-order valence-electron chi connectivity index (χ1n) is 7.31. The van der Waals surface area contributed by atoms with E-state index in [2.05, 4.69) is 6.07 Å². The van der Waals surface area contributed by atoms with Gasteiger partial charge in [-0.05, 0) is 35.0 Å². The lowest BCUT2D eigenvalue weighted by molar-refractivity contribution is 0.217. The van der Waals surface area contributed by atoms with Gasteiger partial charge in [0.15, 0.2) is 0 Å². The molecule has 3 nitrogen and oxygen atoms in total. The zero-order valence-electron chi connectivity index (χ0n) is 12.6. The highest BCUT2D eigenvalue weighted by Gasteiger charge is 2.10. The van der Waals surface area contributed by atoms with Crippen molar-refractivity contribution in [2.24, 2.45) is 0 Å². The Morgan fingerprint density at radius 3 is 2.38 bits per heavy atom. The van der Waals surface area contributed by atoms with Crippen LogP contribution in [0.5, 0.6) is 11.5 Å². The molecule has 0 atom stereocenters. The molecule has 0 heterocycles. The minimum Gasteiger partial charge on any atom is -0.490 e. The molecule has 0 aliphatic heterocycles. The lowest BCUT2D eigenvalue weighted by atomic mass is 10.1. The number of rotatable bonds is 5. The number of ether oxygens (including phenoxy) is 2. The van der Waals surface area contributed by atoms with E-state index in [0.29, 0.717) is 24.5 Å².